The van der Waals surface area contributed by atoms with E-state index in [-0.39, 0.29) is 0 Å². The smallest absolute Gasteiger partial charge is 0.105 e. The summed E-state index contributed by atoms with van der Waals surface area (Å²) in [6.45, 7) is 3.28. The molecule has 94 valence electrons. The zero-order valence-electron chi connectivity index (χ0n) is 10.7. The lowest BCUT2D eigenvalue weighted by Gasteiger charge is -2.30. The quantitative estimate of drug-likeness (QED) is 0.844. The molecule has 2 aliphatic rings. The summed E-state index contributed by atoms with van der Waals surface area (Å²) in [5.74, 6) is 4.04. The largest absolute Gasteiger partial charge is 0.469 e. The average Bonchev–Trinajstić information content (AvgIpc) is 3.05. The molecular formula is C15H23NO. The Bertz CT molecular complexity index is 346. The maximum atomic E-state index is 5.51. The zero-order valence-corrected chi connectivity index (χ0v) is 10.7. The van der Waals surface area contributed by atoms with E-state index in [1.165, 1.54) is 25.7 Å². The van der Waals surface area contributed by atoms with Gasteiger partial charge in [-0.3, -0.25) is 0 Å². The van der Waals surface area contributed by atoms with Gasteiger partial charge >= 0.3 is 0 Å². The lowest BCUT2D eigenvalue weighted by atomic mass is 9.81. The Morgan fingerprint density at radius 3 is 2.94 bits per heavy atom. The molecule has 0 aromatic carbocycles. The molecule has 0 saturated heterocycles. The standard InChI is InChI=1S/C15H23NO/c1-2-16-15(10-13-4-3-7-17-13)14-9-11-5-6-12(14)8-11/h3-4,7,11-12,14-16H,2,5-6,8-10H2,1H3. The lowest BCUT2D eigenvalue weighted by Crippen LogP contribution is -2.40. The Kier molecular flexibility index (Phi) is 3.24. The highest BCUT2D eigenvalue weighted by atomic mass is 16.3. The molecule has 2 heteroatoms. The molecule has 3 rings (SSSR count). The van der Waals surface area contributed by atoms with Crippen molar-refractivity contribution in [2.45, 2.75) is 45.1 Å². The molecule has 4 unspecified atom stereocenters. The van der Waals surface area contributed by atoms with Crippen molar-refractivity contribution < 1.29 is 4.42 Å². The monoisotopic (exact) mass is 233 g/mol. The summed E-state index contributed by atoms with van der Waals surface area (Å²) in [4.78, 5) is 0. The first-order valence-corrected chi connectivity index (χ1v) is 7.12. The fraction of sp³-hybridized carbons (Fsp3) is 0.733. The third-order valence-corrected chi connectivity index (χ3v) is 4.78. The fourth-order valence-corrected chi connectivity index (χ4v) is 4.07. The van der Waals surface area contributed by atoms with Gasteiger partial charge in [0, 0.05) is 12.5 Å². The minimum Gasteiger partial charge on any atom is -0.469 e. The van der Waals surface area contributed by atoms with E-state index in [1.54, 1.807) is 6.26 Å². The molecule has 2 nitrogen and oxygen atoms in total. The van der Waals surface area contributed by atoms with Gasteiger partial charge in [-0.2, -0.15) is 0 Å². The summed E-state index contributed by atoms with van der Waals surface area (Å²) >= 11 is 0. The SMILES string of the molecule is CCNC(Cc1ccco1)C1CC2CCC1C2. The van der Waals surface area contributed by atoms with Crippen LogP contribution in [0.15, 0.2) is 22.8 Å². The first-order chi connectivity index (χ1) is 8.36. The molecule has 1 heterocycles. The van der Waals surface area contributed by atoms with Crippen molar-refractivity contribution in [3.05, 3.63) is 24.2 Å². The van der Waals surface area contributed by atoms with Crippen molar-refractivity contribution in [1.82, 2.24) is 5.32 Å². The molecule has 2 saturated carbocycles. The number of fused-ring (bicyclic) bond motifs is 2. The normalized spacial score (nSPS) is 33.1. The van der Waals surface area contributed by atoms with Crippen molar-refractivity contribution in [1.29, 1.82) is 0 Å². The van der Waals surface area contributed by atoms with E-state index in [1.807, 2.05) is 6.07 Å². The highest BCUT2D eigenvalue weighted by molar-refractivity contribution is 5.04. The molecule has 2 bridgehead atoms. The highest BCUT2D eigenvalue weighted by Gasteiger charge is 2.42. The van der Waals surface area contributed by atoms with Gasteiger partial charge in [0.25, 0.3) is 0 Å². The van der Waals surface area contributed by atoms with E-state index in [0.717, 1.165) is 36.5 Å². The van der Waals surface area contributed by atoms with E-state index in [4.69, 9.17) is 4.42 Å². The van der Waals surface area contributed by atoms with Crippen molar-refractivity contribution in [3.63, 3.8) is 0 Å². The number of furan rings is 1. The van der Waals surface area contributed by atoms with Gasteiger partial charge in [0.1, 0.15) is 5.76 Å². The Balaban J connectivity index is 1.67. The Morgan fingerprint density at radius 2 is 2.35 bits per heavy atom. The number of likely N-dealkylation sites (N-methyl/N-ethyl adjacent to an activating group) is 1. The van der Waals surface area contributed by atoms with Gasteiger partial charge in [-0.15, -0.1) is 0 Å². The predicted molar refractivity (Wildman–Crippen MR) is 68.8 cm³/mol. The van der Waals surface area contributed by atoms with Crippen molar-refractivity contribution >= 4 is 0 Å². The molecule has 1 aromatic heterocycles. The summed E-state index contributed by atoms with van der Waals surface area (Å²) in [7, 11) is 0. The molecule has 0 aliphatic heterocycles. The molecule has 0 amide bonds. The number of nitrogens with one attached hydrogen (secondary N) is 1. The summed E-state index contributed by atoms with van der Waals surface area (Å²) in [6.07, 6.45) is 8.75. The van der Waals surface area contributed by atoms with Crippen LogP contribution < -0.4 is 5.32 Å². The third kappa shape index (κ3) is 2.28. The zero-order chi connectivity index (χ0) is 11.7. The van der Waals surface area contributed by atoms with Crippen LogP contribution in [0.3, 0.4) is 0 Å². The first kappa shape index (κ1) is 11.3. The van der Waals surface area contributed by atoms with Crippen LogP contribution in [-0.2, 0) is 6.42 Å². The van der Waals surface area contributed by atoms with E-state index in [0.29, 0.717) is 6.04 Å². The first-order valence-electron chi connectivity index (χ1n) is 7.12. The average molecular weight is 233 g/mol. The summed E-state index contributed by atoms with van der Waals surface area (Å²) in [5, 5.41) is 3.69. The summed E-state index contributed by atoms with van der Waals surface area (Å²) < 4.78 is 5.51. The van der Waals surface area contributed by atoms with Gasteiger partial charge in [0.15, 0.2) is 0 Å². The van der Waals surface area contributed by atoms with Gasteiger partial charge < -0.3 is 9.73 Å². The van der Waals surface area contributed by atoms with Crippen LogP contribution in [0.1, 0.15) is 38.4 Å². The Morgan fingerprint density at radius 1 is 1.41 bits per heavy atom. The minimum absolute atomic E-state index is 0.626. The lowest BCUT2D eigenvalue weighted by molar-refractivity contribution is 0.241. The molecule has 0 spiro atoms. The van der Waals surface area contributed by atoms with E-state index < -0.39 is 0 Å². The molecular weight excluding hydrogens is 210 g/mol. The molecule has 4 atom stereocenters. The van der Waals surface area contributed by atoms with Crippen LogP contribution in [0.5, 0.6) is 0 Å². The molecule has 0 radical (unpaired) electrons. The second kappa shape index (κ2) is 4.85. The molecule has 2 fully saturated rings. The van der Waals surface area contributed by atoms with Crippen molar-refractivity contribution in [3.8, 4) is 0 Å². The van der Waals surface area contributed by atoms with Gasteiger partial charge in [-0.25, -0.2) is 0 Å². The summed E-state index contributed by atoms with van der Waals surface area (Å²) in [6, 6.07) is 4.73. The number of hydrogen-bond donors (Lipinski definition) is 1. The van der Waals surface area contributed by atoms with Gasteiger partial charge in [0.2, 0.25) is 0 Å². The maximum Gasteiger partial charge on any atom is 0.105 e. The van der Waals surface area contributed by atoms with E-state index >= 15 is 0 Å². The van der Waals surface area contributed by atoms with E-state index in [2.05, 4.69) is 18.3 Å². The van der Waals surface area contributed by atoms with Gasteiger partial charge in [-0.05, 0) is 55.7 Å². The molecule has 17 heavy (non-hydrogen) atoms. The number of hydrogen-bond acceptors (Lipinski definition) is 2. The second-order valence-corrected chi connectivity index (χ2v) is 5.79. The highest BCUT2D eigenvalue weighted by Crippen LogP contribution is 2.49. The van der Waals surface area contributed by atoms with Crippen LogP contribution in [0.25, 0.3) is 0 Å². The van der Waals surface area contributed by atoms with E-state index in [9.17, 15) is 0 Å². The van der Waals surface area contributed by atoms with Crippen molar-refractivity contribution in [2.75, 3.05) is 6.54 Å². The second-order valence-electron chi connectivity index (χ2n) is 5.79. The molecule has 1 aromatic rings. The molecule has 1 N–H and O–H groups in total. The van der Waals surface area contributed by atoms with Crippen LogP contribution >= 0.6 is 0 Å². The van der Waals surface area contributed by atoms with Crippen LogP contribution in [0, 0.1) is 17.8 Å². The van der Waals surface area contributed by atoms with Gasteiger partial charge in [-0.1, -0.05) is 13.3 Å². The Hall–Kier alpha value is -0.760. The topological polar surface area (TPSA) is 25.2 Å². The predicted octanol–water partition coefficient (Wildman–Crippen LogP) is 3.24. The third-order valence-electron chi connectivity index (χ3n) is 4.78. The van der Waals surface area contributed by atoms with Crippen LogP contribution in [0.2, 0.25) is 0 Å². The Labute approximate surface area is 104 Å². The van der Waals surface area contributed by atoms with Crippen LogP contribution in [0.4, 0.5) is 0 Å². The van der Waals surface area contributed by atoms with Crippen LogP contribution in [-0.4, -0.2) is 12.6 Å². The van der Waals surface area contributed by atoms with Gasteiger partial charge in [0.05, 0.1) is 6.26 Å². The molecule has 2 aliphatic carbocycles. The summed E-state index contributed by atoms with van der Waals surface area (Å²) in [5.41, 5.74) is 0. The fourth-order valence-electron chi connectivity index (χ4n) is 4.07. The number of rotatable bonds is 5. The maximum absolute atomic E-state index is 5.51. The minimum atomic E-state index is 0.626. The van der Waals surface area contributed by atoms with Crippen molar-refractivity contribution in [2.24, 2.45) is 17.8 Å².